The van der Waals surface area contributed by atoms with Gasteiger partial charge in [-0.1, -0.05) is 61.4 Å². The van der Waals surface area contributed by atoms with Crippen molar-refractivity contribution in [1.82, 2.24) is 20.1 Å². The number of likely N-dealkylation sites (tertiary alicyclic amines) is 1. The molecule has 1 aliphatic carbocycles. The highest BCUT2D eigenvalue weighted by atomic mass is 32.2. The molecule has 0 bridgehead atoms. The number of carbonyl (C=O) groups is 1. The van der Waals surface area contributed by atoms with Crippen LogP contribution >= 0.6 is 11.8 Å². The van der Waals surface area contributed by atoms with Crippen LogP contribution in [0.5, 0.6) is 0 Å². The first-order chi connectivity index (χ1) is 12.3. The van der Waals surface area contributed by atoms with E-state index in [9.17, 15) is 4.79 Å². The lowest BCUT2D eigenvalue weighted by molar-refractivity contribution is -0.131. The van der Waals surface area contributed by atoms with E-state index < -0.39 is 0 Å². The number of amides is 1. The van der Waals surface area contributed by atoms with Gasteiger partial charge in [0.05, 0.1) is 5.75 Å². The van der Waals surface area contributed by atoms with Crippen LogP contribution in [0.3, 0.4) is 0 Å². The minimum atomic E-state index is 0.222. The lowest BCUT2D eigenvalue weighted by Crippen LogP contribution is -2.45. The van der Waals surface area contributed by atoms with Crippen molar-refractivity contribution in [1.29, 1.82) is 0 Å². The van der Waals surface area contributed by atoms with Gasteiger partial charge in [0, 0.05) is 18.7 Å². The van der Waals surface area contributed by atoms with Gasteiger partial charge in [0.15, 0.2) is 5.82 Å². The highest BCUT2D eigenvalue weighted by Crippen LogP contribution is 2.36. The summed E-state index contributed by atoms with van der Waals surface area (Å²) in [7, 11) is 0. The van der Waals surface area contributed by atoms with Crippen molar-refractivity contribution in [2.75, 3.05) is 18.8 Å². The topological polar surface area (TPSA) is 61.9 Å². The van der Waals surface area contributed by atoms with Gasteiger partial charge >= 0.3 is 0 Å². The number of carbonyl (C=O) groups excluding carboxylic acids is 1. The zero-order chi connectivity index (χ0) is 17.1. The van der Waals surface area contributed by atoms with Gasteiger partial charge in [-0.05, 0) is 24.7 Å². The maximum atomic E-state index is 12.6. The zero-order valence-electron chi connectivity index (χ0n) is 14.4. The number of benzene rings is 1. The highest BCUT2D eigenvalue weighted by molar-refractivity contribution is 7.99. The number of rotatable bonds is 4. The van der Waals surface area contributed by atoms with Crippen LogP contribution in [0.2, 0.25) is 0 Å². The van der Waals surface area contributed by atoms with Crippen molar-refractivity contribution in [2.24, 2.45) is 11.8 Å². The first-order valence-corrected chi connectivity index (χ1v) is 10.2. The second-order valence-electron chi connectivity index (χ2n) is 7.05. The van der Waals surface area contributed by atoms with Crippen LogP contribution in [-0.4, -0.2) is 44.8 Å². The Bertz CT molecular complexity index is 717. The molecular weight excluding hydrogens is 332 g/mol. The van der Waals surface area contributed by atoms with E-state index in [1.165, 1.54) is 43.9 Å². The molecule has 2 aliphatic rings. The monoisotopic (exact) mass is 356 g/mol. The Hall–Kier alpha value is -1.82. The Morgan fingerprint density at radius 1 is 1.16 bits per heavy atom. The van der Waals surface area contributed by atoms with Gasteiger partial charge in [0.25, 0.3) is 0 Å². The molecule has 0 radical (unpaired) electrons. The number of aromatic amines is 1. The molecule has 1 amide bonds. The Morgan fingerprint density at radius 2 is 1.96 bits per heavy atom. The predicted molar refractivity (Wildman–Crippen MR) is 99.2 cm³/mol. The van der Waals surface area contributed by atoms with Gasteiger partial charge in [0.2, 0.25) is 11.1 Å². The number of nitrogens with one attached hydrogen (secondary N) is 1. The second-order valence-corrected chi connectivity index (χ2v) is 8.00. The third-order valence-electron chi connectivity index (χ3n) is 5.48. The fraction of sp³-hybridized carbons (Fsp3) is 0.526. The highest BCUT2D eigenvalue weighted by Gasteiger charge is 2.32. The van der Waals surface area contributed by atoms with Gasteiger partial charge in [-0.25, -0.2) is 4.98 Å². The minimum absolute atomic E-state index is 0.222. The number of hydrogen-bond donors (Lipinski definition) is 1. The average Bonchev–Trinajstić information content (AvgIpc) is 3.15. The molecule has 2 atom stereocenters. The summed E-state index contributed by atoms with van der Waals surface area (Å²) >= 11 is 1.42. The number of fused-ring (bicyclic) bond motifs is 1. The maximum Gasteiger partial charge on any atom is 0.233 e. The van der Waals surface area contributed by atoms with Crippen molar-refractivity contribution < 1.29 is 4.79 Å². The molecule has 1 saturated carbocycles. The lowest BCUT2D eigenvalue weighted by atomic mass is 9.75. The number of nitrogens with zero attached hydrogens (tertiary/aromatic N) is 3. The largest absolute Gasteiger partial charge is 0.342 e. The van der Waals surface area contributed by atoms with Crippen molar-refractivity contribution in [3.05, 3.63) is 30.3 Å². The summed E-state index contributed by atoms with van der Waals surface area (Å²) in [5.74, 6) is 2.97. The quantitative estimate of drug-likeness (QED) is 0.850. The molecule has 25 heavy (non-hydrogen) atoms. The zero-order valence-corrected chi connectivity index (χ0v) is 15.2. The van der Waals surface area contributed by atoms with E-state index in [-0.39, 0.29) is 5.91 Å². The van der Waals surface area contributed by atoms with E-state index in [1.54, 1.807) is 0 Å². The standard InChI is InChI=1S/C19H24N4OS/c24-17(23-11-10-14-6-4-5-9-16(14)12-23)13-25-19-20-18(21-22-19)15-7-2-1-3-8-15/h1-3,7-8,14,16H,4-6,9-13H2,(H,20,21,22)/t14-,16-/m1/s1. The van der Waals surface area contributed by atoms with E-state index in [2.05, 4.69) is 20.1 Å². The summed E-state index contributed by atoms with van der Waals surface area (Å²) in [6.07, 6.45) is 6.54. The molecule has 1 aliphatic heterocycles. The van der Waals surface area contributed by atoms with Crippen LogP contribution in [0.15, 0.2) is 35.5 Å². The van der Waals surface area contributed by atoms with Crippen LogP contribution in [0.1, 0.15) is 32.1 Å². The normalized spacial score (nSPS) is 23.3. The third-order valence-corrected chi connectivity index (χ3v) is 6.31. The predicted octanol–water partition coefficient (Wildman–Crippen LogP) is 3.60. The van der Waals surface area contributed by atoms with Crippen molar-refractivity contribution >= 4 is 17.7 Å². The molecule has 1 aromatic heterocycles. The summed E-state index contributed by atoms with van der Waals surface area (Å²) in [5, 5.41) is 7.83. The summed E-state index contributed by atoms with van der Waals surface area (Å²) in [6, 6.07) is 9.92. The van der Waals surface area contributed by atoms with Crippen LogP contribution in [0.25, 0.3) is 11.4 Å². The first kappa shape index (κ1) is 16.6. The van der Waals surface area contributed by atoms with E-state index in [0.717, 1.165) is 36.3 Å². The molecular formula is C19H24N4OS. The average molecular weight is 356 g/mol. The fourth-order valence-corrected chi connectivity index (χ4v) is 4.78. The molecule has 2 heterocycles. The number of piperidine rings is 1. The molecule has 0 unspecified atom stereocenters. The SMILES string of the molecule is O=C(CSc1n[nH]c(-c2ccccc2)n1)N1CC[C@H]2CCCC[C@@H]2C1. The summed E-state index contributed by atoms with van der Waals surface area (Å²) in [4.78, 5) is 19.1. The Labute approximate surface area is 152 Å². The number of H-pyrrole nitrogens is 1. The molecule has 2 fully saturated rings. The van der Waals surface area contributed by atoms with Gasteiger partial charge in [0.1, 0.15) is 0 Å². The molecule has 1 aromatic carbocycles. The minimum Gasteiger partial charge on any atom is -0.342 e. The van der Waals surface area contributed by atoms with Crippen molar-refractivity contribution in [2.45, 2.75) is 37.3 Å². The van der Waals surface area contributed by atoms with E-state index >= 15 is 0 Å². The molecule has 2 aromatic rings. The van der Waals surface area contributed by atoms with Crippen LogP contribution in [-0.2, 0) is 4.79 Å². The van der Waals surface area contributed by atoms with Gasteiger partial charge in [-0.2, -0.15) is 0 Å². The second kappa shape index (κ2) is 7.60. The number of thioether (sulfide) groups is 1. The summed E-state index contributed by atoms with van der Waals surface area (Å²) in [6.45, 7) is 1.87. The Morgan fingerprint density at radius 3 is 2.80 bits per heavy atom. The number of aromatic nitrogens is 3. The van der Waals surface area contributed by atoms with Crippen LogP contribution in [0, 0.1) is 11.8 Å². The molecule has 6 heteroatoms. The molecule has 5 nitrogen and oxygen atoms in total. The molecule has 132 valence electrons. The van der Waals surface area contributed by atoms with E-state index in [1.807, 2.05) is 30.3 Å². The summed E-state index contributed by atoms with van der Waals surface area (Å²) in [5.41, 5.74) is 1.01. The lowest BCUT2D eigenvalue weighted by Gasteiger charge is -2.41. The molecule has 0 spiro atoms. The van der Waals surface area contributed by atoms with Crippen molar-refractivity contribution in [3.63, 3.8) is 0 Å². The van der Waals surface area contributed by atoms with Gasteiger partial charge < -0.3 is 4.90 Å². The van der Waals surface area contributed by atoms with Gasteiger partial charge in [-0.3, -0.25) is 9.89 Å². The number of hydrogen-bond acceptors (Lipinski definition) is 4. The van der Waals surface area contributed by atoms with Gasteiger partial charge in [-0.15, -0.1) is 5.10 Å². The third kappa shape index (κ3) is 3.89. The molecule has 1 saturated heterocycles. The Kier molecular flexibility index (Phi) is 5.06. The molecule has 1 N–H and O–H groups in total. The van der Waals surface area contributed by atoms with E-state index in [0.29, 0.717) is 10.9 Å². The first-order valence-electron chi connectivity index (χ1n) is 9.18. The smallest absolute Gasteiger partial charge is 0.233 e. The van der Waals surface area contributed by atoms with Crippen molar-refractivity contribution in [3.8, 4) is 11.4 Å². The molecule has 4 rings (SSSR count). The maximum absolute atomic E-state index is 12.6. The van der Waals surface area contributed by atoms with Crippen LogP contribution < -0.4 is 0 Å². The summed E-state index contributed by atoms with van der Waals surface area (Å²) < 4.78 is 0. The van der Waals surface area contributed by atoms with Crippen LogP contribution in [0.4, 0.5) is 0 Å². The Balaban J connectivity index is 1.31. The van der Waals surface area contributed by atoms with E-state index in [4.69, 9.17) is 0 Å². The fourth-order valence-electron chi connectivity index (χ4n) is 4.08.